The summed E-state index contributed by atoms with van der Waals surface area (Å²) in [5.74, 6) is 1.50. The molecule has 29 heavy (non-hydrogen) atoms. The maximum absolute atomic E-state index is 5.84. The van der Waals surface area contributed by atoms with E-state index in [0.717, 1.165) is 69.1 Å². The number of ether oxygens (including phenoxy) is 2. The third-order valence-electron chi connectivity index (χ3n) is 5.90. The highest BCUT2D eigenvalue weighted by Gasteiger charge is 2.28. The molecule has 0 bridgehead atoms. The van der Waals surface area contributed by atoms with Gasteiger partial charge in [0.25, 0.3) is 0 Å². The predicted octanol–water partition coefficient (Wildman–Crippen LogP) is 4.76. The summed E-state index contributed by atoms with van der Waals surface area (Å²) < 4.78 is 11.4. The second kappa shape index (κ2) is 10.2. The molecule has 158 valence electrons. The van der Waals surface area contributed by atoms with Crippen molar-refractivity contribution in [2.45, 2.75) is 59.4 Å². The van der Waals surface area contributed by atoms with Crippen LogP contribution < -0.4 is 4.74 Å². The molecule has 1 unspecified atom stereocenters. The standard InChI is InChI=1S/C24H35N3O2/c1-6-10-20(27-13-15-29-16-14-27)21-17(4)25-23(26-24(21)28-5)22-18(7-2)11-9-12-19(22)8-3/h9,11-12,20H,6-8,10,13-16H2,1-5H3. The van der Waals surface area contributed by atoms with Gasteiger partial charge < -0.3 is 9.47 Å². The van der Waals surface area contributed by atoms with Crippen molar-refractivity contribution in [3.05, 3.63) is 40.6 Å². The van der Waals surface area contributed by atoms with Crippen LogP contribution in [0.2, 0.25) is 0 Å². The van der Waals surface area contributed by atoms with Gasteiger partial charge in [0, 0.05) is 24.7 Å². The van der Waals surface area contributed by atoms with E-state index in [2.05, 4.69) is 50.8 Å². The third kappa shape index (κ3) is 4.62. The first kappa shape index (κ1) is 21.7. The first-order valence-electron chi connectivity index (χ1n) is 11.0. The Morgan fingerprint density at radius 3 is 2.28 bits per heavy atom. The predicted molar refractivity (Wildman–Crippen MR) is 118 cm³/mol. The average molecular weight is 398 g/mol. The number of methoxy groups -OCH3 is 1. The molecule has 1 fully saturated rings. The summed E-state index contributed by atoms with van der Waals surface area (Å²) in [6.45, 7) is 12.1. The second-order valence-corrected chi connectivity index (χ2v) is 7.67. The molecular weight excluding hydrogens is 362 g/mol. The molecule has 1 aliphatic rings. The van der Waals surface area contributed by atoms with Gasteiger partial charge in [0.15, 0.2) is 5.82 Å². The number of aryl methyl sites for hydroxylation is 3. The van der Waals surface area contributed by atoms with Gasteiger partial charge in [-0.15, -0.1) is 0 Å². The molecule has 5 heteroatoms. The second-order valence-electron chi connectivity index (χ2n) is 7.67. The summed E-state index contributed by atoms with van der Waals surface area (Å²) >= 11 is 0. The minimum Gasteiger partial charge on any atom is -0.481 e. The van der Waals surface area contributed by atoms with Gasteiger partial charge in [0.2, 0.25) is 5.88 Å². The monoisotopic (exact) mass is 397 g/mol. The van der Waals surface area contributed by atoms with Crippen LogP contribution in [0, 0.1) is 6.92 Å². The van der Waals surface area contributed by atoms with Crippen molar-refractivity contribution < 1.29 is 9.47 Å². The van der Waals surface area contributed by atoms with Crippen LogP contribution in [0.3, 0.4) is 0 Å². The van der Waals surface area contributed by atoms with Crippen molar-refractivity contribution in [2.24, 2.45) is 0 Å². The van der Waals surface area contributed by atoms with Crippen molar-refractivity contribution in [2.75, 3.05) is 33.4 Å². The number of nitrogens with zero attached hydrogens (tertiary/aromatic N) is 3. The number of hydrogen-bond acceptors (Lipinski definition) is 5. The topological polar surface area (TPSA) is 47.5 Å². The van der Waals surface area contributed by atoms with E-state index in [1.165, 1.54) is 16.7 Å². The highest BCUT2D eigenvalue weighted by molar-refractivity contribution is 5.66. The van der Waals surface area contributed by atoms with Gasteiger partial charge in [0.1, 0.15) is 0 Å². The van der Waals surface area contributed by atoms with Gasteiger partial charge in [-0.25, -0.2) is 4.98 Å². The van der Waals surface area contributed by atoms with Crippen molar-refractivity contribution in [1.82, 2.24) is 14.9 Å². The van der Waals surface area contributed by atoms with Crippen LogP contribution in [0.5, 0.6) is 5.88 Å². The molecule has 0 N–H and O–H groups in total. The lowest BCUT2D eigenvalue weighted by Crippen LogP contribution is -2.39. The Kier molecular flexibility index (Phi) is 7.62. The van der Waals surface area contributed by atoms with E-state index in [1.807, 2.05) is 0 Å². The first-order valence-corrected chi connectivity index (χ1v) is 11.0. The number of aromatic nitrogens is 2. The largest absolute Gasteiger partial charge is 0.481 e. The summed E-state index contributed by atoms with van der Waals surface area (Å²) in [6.07, 6.45) is 4.08. The molecule has 0 spiro atoms. The lowest BCUT2D eigenvalue weighted by molar-refractivity contribution is 0.0132. The minimum atomic E-state index is 0.264. The van der Waals surface area contributed by atoms with E-state index in [1.54, 1.807) is 7.11 Å². The first-order chi connectivity index (χ1) is 14.1. The van der Waals surface area contributed by atoms with Crippen LogP contribution in [0.15, 0.2) is 18.2 Å². The number of morpholine rings is 1. The molecule has 2 aromatic rings. The molecule has 2 heterocycles. The zero-order valence-corrected chi connectivity index (χ0v) is 18.6. The Hall–Kier alpha value is -1.98. The van der Waals surface area contributed by atoms with E-state index >= 15 is 0 Å². The number of benzene rings is 1. The Morgan fingerprint density at radius 2 is 1.72 bits per heavy atom. The van der Waals surface area contributed by atoms with Crippen LogP contribution in [-0.2, 0) is 17.6 Å². The van der Waals surface area contributed by atoms with Crippen LogP contribution in [0.25, 0.3) is 11.4 Å². The summed E-state index contributed by atoms with van der Waals surface area (Å²) in [5.41, 5.74) is 5.90. The summed E-state index contributed by atoms with van der Waals surface area (Å²) in [6, 6.07) is 6.76. The van der Waals surface area contributed by atoms with Crippen LogP contribution in [0.4, 0.5) is 0 Å². The normalized spacial score (nSPS) is 16.0. The molecule has 1 aliphatic heterocycles. The fourth-order valence-electron chi connectivity index (χ4n) is 4.41. The van der Waals surface area contributed by atoms with Crippen LogP contribution >= 0.6 is 0 Å². The molecule has 1 aromatic heterocycles. The highest BCUT2D eigenvalue weighted by Crippen LogP contribution is 2.36. The maximum Gasteiger partial charge on any atom is 0.221 e. The Labute approximate surface area is 175 Å². The molecular formula is C24H35N3O2. The molecule has 1 aromatic carbocycles. The molecule has 5 nitrogen and oxygen atoms in total. The van der Waals surface area contributed by atoms with Crippen LogP contribution in [-0.4, -0.2) is 48.3 Å². The SMILES string of the molecule is CCCC(c1c(C)nc(-c2c(CC)cccc2CC)nc1OC)N1CCOCC1. The molecule has 1 atom stereocenters. The number of rotatable bonds is 8. The van der Waals surface area contributed by atoms with Gasteiger partial charge in [-0.05, 0) is 37.3 Å². The van der Waals surface area contributed by atoms with Gasteiger partial charge >= 0.3 is 0 Å². The van der Waals surface area contributed by atoms with E-state index in [9.17, 15) is 0 Å². The Bertz CT molecular complexity index is 794. The van der Waals surface area contributed by atoms with E-state index in [4.69, 9.17) is 19.4 Å². The lowest BCUT2D eigenvalue weighted by Gasteiger charge is -2.35. The van der Waals surface area contributed by atoms with E-state index in [0.29, 0.717) is 5.88 Å². The van der Waals surface area contributed by atoms with Crippen molar-refractivity contribution >= 4 is 0 Å². The zero-order valence-electron chi connectivity index (χ0n) is 18.6. The van der Waals surface area contributed by atoms with E-state index in [-0.39, 0.29) is 6.04 Å². The minimum absolute atomic E-state index is 0.264. The highest BCUT2D eigenvalue weighted by atomic mass is 16.5. The fourth-order valence-corrected chi connectivity index (χ4v) is 4.41. The maximum atomic E-state index is 5.84. The number of hydrogen-bond donors (Lipinski definition) is 0. The van der Waals surface area contributed by atoms with Gasteiger partial charge in [-0.1, -0.05) is 45.4 Å². The van der Waals surface area contributed by atoms with Gasteiger partial charge in [-0.3, -0.25) is 4.90 Å². The molecule has 3 rings (SSSR count). The average Bonchev–Trinajstić information content (AvgIpc) is 2.77. The smallest absolute Gasteiger partial charge is 0.221 e. The van der Waals surface area contributed by atoms with Crippen molar-refractivity contribution in [3.8, 4) is 17.3 Å². The molecule has 0 saturated carbocycles. The quantitative estimate of drug-likeness (QED) is 0.643. The summed E-state index contributed by atoms with van der Waals surface area (Å²) in [7, 11) is 1.73. The summed E-state index contributed by atoms with van der Waals surface area (Å²) in [5, 5.41) is 0. The molecule has 0 radical (unpaired) electrons. The molecule has 1 saturated heterocycles. The Balaban J connectivity index is 2.11. The summed E-state index contributed by atoms with van der Waals surface area (Å²) in [4.78, 5) is 12.5. The fraction of sp³-hybridized carbons (Fsp3) is 0.583. The Morgan fingerprint density at radius 1 is 1.07 bits per heavy atom. The molecule has 0 amide bonds. The van der Waals surface area contributed by atoms with E-state index < -0.39 is 0 Å². The van der Waals surface area contributed by atoms with Gasteiger partial charge in [-0.2, -0.15) is 4.98 Å². The molecule has 0 aliphatic carbocycles. The lowest BCUT2D eigenvalue weighted by atomic mass is 9.95. The van der Waals surface area contributed by atoms with Gasteiger partial charge in [0.05, 0.1) is 31.6 Å². The van der Waals surface area contributed by atoms with Crippen molar-refractivity contribution in [3.63, 3.8) is 0 Å². The van der Waals surface area contributed by atoms with Crippen molar-refractivity contribution in [1.29, 1.82) is 0 Å². The zero-order chi connectivity index (χ0) is 20.8. The van der Waals surface area contributed by atoms with Crippen LogP contribution in [0.1, 0.15) is 62.0 Å². The third-order valence-corrected chi connectivity index (χ3v) is 5.90.